The second-order valence-electron chi connectivity index (χ2n) is 9.16. The van der Waals surface area contributed by atoms with Crippen LogP contribution in [0.5, 0.6) is 0 Å². The molecule has 0 saturated carbocycles. The van der Waals surface area contributed by atoms with Crippen LogP contribution in [0.3, 0.4) is 0 Å². The maximum absolute atomic E-state index is 12.5. The van der Waals surface area contributed by atoms with Gasteiger partial charge in [-0.25, -0.2) is 0 Å². The molecule has 3 amide bonds. The van der Waals surface area contributed by atoms with Crippen LogP contribution in [0.25, 0.3) is 0 Å². The number of aryl methyl sites for hydroxylation is 1. The smallest absolute Gasteiger partial charge is 0.240 e. The molecule has 0 radical (unpaired) electrons. The highest BCUT2D eigenvalue weighted by Gasteiger charge is 2.23. The predicted molar refractivity (Wildman–Crippen MR) is 123 cm³/mol. The van der Waals surface area contributed by atoms with Crippen molar-refractivity contribution in [3.05, 3.63) is 29.8 Å². The number of carbonyl (C=O) groups is 3. The predicted octanol–water partition coefficient (Wildman–Crippen LogP) is 1.18. The van der Waals surface area contributed by atoms with Gasteiger partial charge in [0.1, 0.15) is 0 Å². The summed E-state index contributed by atoms with van der Waals surface area (Å²) in [6, 6.07) is 7.85. The number of piperazine rings is 1. The topological polar surface area (TPSA) is 85.0 Å². The molecule has 0 bridgehead atoms. The monoisotopic (exact) mass is 431 g/mol. The first-order valence-corrected chi connectivity index (χ1v) is 10.9. The molecule has 2 N–H and O–H groups in total. The van der Waals surface area contributed by atoms with Crippen molar-refractivity contribution in [1.82, 2.24) is 20.0 Å². The van der Waals surface area contributed by atoms with Crippen molar-refractivity contribution in [3.63, 3.8) is 0 Å². The van der Waals surface area contributed by atoms with Crippen LogP contribution in [0, 0.1) is 0 Å². The van der Waals surface area contributed by atoms with Gasteiger partial charge in [0.2, 0.25) is 17.7 Å². The first kappa shape index (κ1) is 24.8. The van der Waals surface area contributed by atoms with Crippen molar-refractivity contribution in [3.8, 4) is 0 Å². The molecular weight excluding hydrogens is 394 g/mol. The van der Waals surface area contributed by atoms with Crippen LogP contribution in [0.1, 0.15) is 33.3 Å². The zero-order chi connectivity index (χ0) is 23.0. The van der Waals surface area contributed by atoms with E-state index >= 15 is 0 Å². The molecule has 8 heteroatoms. The second kappa shape index (κ2) is 11.2. The molecule has 1 aliphatic heterocycles. The highest BCUT2D eigenvalue weighted by Crippen LogP contribution is 2.15. The largest absolute Gasteiger partial charge is 0.350 e. The average molecular weight is 432 g/mol. The molecule has 1 heterocycles. The van der Waals surface area contributed by atoms with Gasteiger partial charge in [0.05, 0.1) is 19.6 Å². The summed E-state index contributed by atoms with van der Waals surface area (Å²) in [7, 11) is 1.65. The van der Waals surface area contributed by atoms with E-state index in [4.69, 9.17) is 0 Å². The van der Waals surface area contributed by atoms with Gasteiger partial charge >= 0.3 is 0 Å². The summed E-state index contributed by atoms with van der Waals surface area (Å²) >= 11 is 0. The molecule has 0 atom stereocenters. The number of benzene rings is 1. The Morgan fingerprint density at radius 2 is 1.55 bits per heavy atom. The SMILES string of the molecule is CCc1ccccc1NC(=O)CN1CCN(CC(=O)N(C)CC(=O)NC(C)(C)C)CC1. The van der Waals surface area contributed by atoms with E-state index in [1.54, 1.807) is 7.05 Å². The Bertz CT molecular complexity index is 767. The summed E-state index contributed by atoms with van der Waals surface area (Å²) in [6.07, 6.45) is 0.871. The van der Waals surface area contributed by atoms with Gasteiger partial charge in [-0.05, 0) is 38.8 Å². The molecule has 1 aromatic rings. The van der Waals surface area contributed by atoms with Crippen LogP contribution in [0.2, 0.25) is 0 Å². The molecule has 172 valence electrons. The Morgan fingerprint density at radius 1 is 0.968 bits per heavy atom. The van der Waals surface area contributed by atoms with E-state index in [1.807, 2.05) is 45.0 Å². The van der Waals surface area contributed by atoms with E-state index in [0.717, 1.165) is 30.8 Å². The Hall–Kier alpha value is -2.45. The van der Waals surface area contributed by atoms with E-state index in [-0.39, 0.29) is 36.3 Å². The summed E-state index contributed by atoms with van der Waals surface area (Å²) in [5.74, 6) is -0.259. The van der Waals surface area contributed by atoms with Gasteiger partial charge in [0, 0.05) is 44.5 Å². The molecular formula is C23H37N5O3. The zero-order valence-corrected chi connectivity index (χ0v) is 19.5. The molecule has 1 aromatic carbocycles. The lowest BCUT2D eigenvalue weighted by molar-refractivity contribution is -0.136. The summed E-state index contributed by atoms with van der Waals surface area (Å²) < 4.78 is 0. The van der Waals surface area contributed by atoms with Crippen molar-refractivity contribution >= 4 is 23.4 Å². The van der Waals surface area contributed by atoms with Crippen LogP contribution in [0.4, 0.5) is 5.69 Å². The number of carbonyl (C=O) groups excluding carboxylic acids is 3. The molecule has 0 spiro atoms. The molecule has 1 saturated heterocycles. The van der Waals surface area contributed by atoms with Crippen molar-refractivity contribution in [2.75, 3.05) is 58.2 Å². The number of anilines is 1. The minimum absolute atomic E-state index is 0.0185. The number of rotatable bonds is 8. The van der Waals surface area contributed by atoms with E-state index in [9.17, 15) is 14.4 Å². The van der Waals surface area contributed by atoms with Gasteiger partial charge < -0.3 is 15.5 Å². The van der Waals surface area contributed by atoms with E-state index in [1.165, 1.54) is 4.90 Å². The van der Waals surface area contributed by atoms with Crippen molar-refractivity contribution in [2.24, 2.45) is 0 Å². The standard InChI is InChI=1S/C23H37N5O3/c1-6-18-9-7-8-10-19(18)24-20(29)16-27-11-13-28(14-12-27)17-22(31)26(5)15-21(30)25-23(2,3)4/h7-10H,6,11-17H2,1-5H3,(H,24,29)(H,25,30). The van der Waals surface area contributed by atoms with Crippen molar-refractivity contribution in [1.29, 1.82) is 0 Å². The number of para-hydroxylation sites is 1. The van der Waals surface area contributed by atoms with Crippen LogP contribution in [-0.2, 0) is 20.8 Å². The molecule has 31 heavy (non-hydrogen) atoms. The summed E-state index contributed by atoms with van der Waals surface area (Å²) in [4.78, 5) is 42.6. The van der Waals surface area contributed by atoms with Crippen LogP contribution in [-0.4, -0.2) is 90.8 Å². The Morgan fingerprint density at radius 3 is 2.13 bits per heavy atom. The first-order valence-electron chi connectivity index (χ1n) is 10.9. The van der Waals surface area contributed by atoms with Gasteiger partial charge in [0.25, 0.3) is 0 Å². The maximum Gasteiger partial charge on any atom is 0.240 e. The quantitative estimate of drug-likeness (QED) is 0.646. The lowest BCUT2D eigenvalue weighted by Gasteiger charge is -2.34. The van der Waals surface area contributed by atoms with Gasteiger partial charge in [-0.3, -0.25) is 24.2 Å². The molecule has 1 aliphatic rings. The first-order chi connectivity index (χ1) is 14.6. The lowest BCUT2D eigenvalue weighted by atomic mass is 10.1. The minimum Gasteiger partial charge on any atom is -0.350 e. The number of hydrogen-bond donors (Lipinski definition) is 2. The normalized spacial score (nSPS) is 15.4. The molecule has 2 rings (SSSR count). The number of likely N-dealkylation sites (N-methyl/N-ethyl adjacent to an activating group) is 1. The van der Waals surface area contributed by atoms with Gasteiger partial charge in [0.15, 0.2) is 0 Å². The lowest BCUT2D eigenvalue weighted by Crippen LogP contribution is -2.52. The van der Waals surface area contributed by atoms with E-state index < -0.39 is 0 Å². The zero-order valence-electron chi connectivity index (χ0n) is 19.5. The van der Waals surface area contributed by atoms with Crippen LogP contribution >= 0.6 is 0 Å². The third-order valence-electron chi connectivity index (χ3n) is 5.18. The van der Waals surface area contributed by atoms with Gasteiger partial charge in [-0.2, -0.15) is 0 Å². The average Bonchev–Trinajstić information content (AvgIpc) is 2.68. The summed E-state index contributed by atoms with van der Waals surface area (Å²) in [5, 5.41) is 5.87. The third-order valence-corrected chi connectivity index (χ3v) is 5.18. The molecule has 1 fully saturated rings. The number of amides is 3. The highest BCUT2D eigenvalue weighted by atomic mass is 16.2. The maximum atomic E-state index is 12.5. The highest BCUT2D eigenvalue weighted by molar-refractivity contribution is 5.93. The fourth-order valence-electron chi connectivity index (χ4n) is 3.52. The fraction of sp³-hybridized carbons (Fsp3) is 0.609. The Balaban J connectivity index is 1.72. The summed E-state index contributed by atoms with van der Waals surface area (Å²) in [5.41, 5.74) is 1.68. The fourth-order valence-corrected chi connectivity index (χ4v) is 3.52. The van der Waals surface area contributed by atoms with Gasteiger partial charge in [-0.15, -0.1) is 0 Å². The van der Waals surface area contributed by atoms with Crippen molar-refractivity contribution < 1.29 is 14.4 Å². The molecule has 0 unspecified atom stereocenters. The Kier molecular flexibility index (Phi) is 9.00. The number of hydrogen-bond acceptors (Lipinski definition) is 5. The Labute approximate surface area is 185 Å². The number of nitrogens with zero attached hydrogens (tertiary/aromatic N) is 3. The van der Waals surface area contributed by atoms with E-state index in [0.29, 0.717) is 19.6 Å². The van der Waals surface area contributed by atoms with Crippen LogP contribution < -0.4 is 10.6 Å². The third kappa shape index (κ3) is 8.67. The molecule has 8 nitrogen and oxygen atoms in total. The van der Waals surface area contributed by atoms with E-state index in [2.05, 4.69) is 27.4 Å². The van der Waals surface area contributed by atoms with Crippen molar-refractivity contribution in [2.45, 2.75) is 39.7 Å². The molecule has 0 aromatic heterocycles. The second-order valence-corrected chi connectivity index (χ2v) is 9.16. The minimum atomic E-state index is -0.317. The summed E-state index contributed by atoms with van der Waals surface area (Å²) in [6.45, 7) is 11.4. The van der Waals surface area contributed by atoms with Crippen LogP contribution in [0.15, 0.2) is 24.3 Å². The molecule has 0 aliphatic carbocycles. The van der Waals surface area contributed by atoms with Gasteiger partial charge in [-0.1, -0.05) is 25.1 Å². The number of nitrogens with one attached hydrogen (secondary N) is 2.